The van der Waals surface area contributed by atoms with Crippen molar-refractivity contribution in [3.8, 4) is 0 Å². The van der Waals surface area contributed by atoms with Crippen LogP contribution in [0.25, 0.3) is 0 Å². The molecule has 2 heterocycles. The average molecular weight is 279 g/mol. The molecule has 1 aromatic carbocycles. The number of imide groups is 1. The summed E-state index contributed by atoms with van der Waals surface area (Å²) < 4.78 is 0. The van der Waals surface area contributed by atoms with Gasteiger partial charge in [-0.25, -0.2) is 0 Å². The second-order valence-electron chi connectivity index (χ2n) is 4.65. The molecule has 2 aliphatic rings. The van der Waals surface area contributed by atoms with E-state index in [1.54, 1.807) is 25.1 Å². The van der Waals surface area contributed by atoms with Gasteiger partial charge in [0.05, 0.1) is 6.42 Å². The number of amides is 3. The number of hydrogen-bond donors (Lipinski definition) is 1. The Bertz CT molecular complexity index is 628. The Hall–Kier alpha value is -1.88. The molecule has 1 saturated heterocycles. The van der Waals surface area contributed by atoms with Crippen LogP contribution in [0.4, 0.5) is 0 Å². The maximum atomic E-state index is 12.3. The highest BCUT2D eigenvalue weighted by molar-refractivity contribution is 6.31. The predicted octanol–water partition coefficient (Wildman–Crippen LogP) is 1.06. The molecule has 98 valence electrons. The number of rotatable bonds is 1. The topological polar surface area (TPSA) is 66.5 Å². The smallest absolute Gasteiger partial charge is 0.257 e. The van der Waals surface area contributed by atoms with E-state index in [0.29, 0.717) is 22.7 Å². The van der Waals surface area contributed by atoms with Crippen molar-refractivity contribution in [2.45, 2.75) is 18.9 Å². The summed E-state index contributed by atoms with van der Waals surface area (Å²) in [6.07, 6.45) is -0.0429. The van der Waals surface area contributed by atoms with E-state index in [1.807, 2.05) is 0 Å². The number of likely N-dealkylation sites (N-methyl/N-ethyl adjacent to an activating group) is 1. The molecule has 6 heteroatoms. The SMILES string of the molecule is CCN1C(=O)c2ccc(Cl)cc2C12CC(=O)NC2=O. The van der Waals surface area contributed by atoms with E-state index in [4.69, 9.17) is 11.6 Å². The van der Waals surface area contributed by atoms with E-state index in [-0.39, 0.29) is 18.2 Å². The highest BCUT2D eigenvalue weighted by Gasteiger charge is 2.59. The van der Waals surface area contributed by atoms with E-state index >= 15 is 0 Å². The van der Waals surface area contributed by atoms with Crippen LogP contribution in [0.15, 0.2) is 18.2 Å². The number of carbonyl (C=O) groups excluding carboxylic acids is 3. The zero-order valence-corrected chi connectivity index (χ0v) is 11.0. The van der Waals surface area contributed by atoms with Crippen LogP contribution in [0, 0.1) is 0 Å². The van der Waals surface area contributed by atoms with Gasteiger partial charge in [0.15, 0.2) is 5.54 Å². The maximum Gasteiger partial charge on any atom is 0.257 e. The molecular formula is C13H11ClN2O3. The molecule has 0 radical (unpaired) electrons. The molecule has 0 aromatic heterocycles. The summed E-state index contributed by atoms with van der Waals surface area (Å²) in [6, 6.07) is 4.82. The molecule has 0 bridgehead atoms. The number of halogens is 1. The van der Waals surface area contributed by atoms with E-state index in [9.17, 15) is 14.4 Å². The third-order valence-electron chi connectivity index (χ3n) is 3.72. The van der Waals surface area contributed by atoms with Gasteiger partial charge in [0.2, 0.25) is 5.91 Å². The van der Waals surface area contributed by atoms with E-state index in [1.165, 1.54) is 4.90 Å². The van der Waals surface area contributed by atoms with Gasteiger partial charge in [-0.15, -0.1) is 0 Å². The second-order valence-corrected chi connectivity index (χ2v) is 5.09. The van der Waals surface area contributed by atoms with Crippen molar-refractivity contribution in [1.29, 1.82) is 0 Å². The zero-order valence-electron chi connectivity index (χ0n) is 10.2. The Morgan fingerprint density at radius 1 is 1.37 bits per heavy atom. The Kier molecular flexibility index (Phi) is 2.44. The summed E-state index contributed by atoms with van der Waals surface area (Å²) in [7, 11) is 0. The molecule has 5 nitrogen and oxygen atoms in total. The highest BCUT2D eigenvalue weighted by Crippen LogP contribution is 2.44. The molecule has 1 spiro atoms. The largest absolute Gasteiger partial charge is 0.320 e. The lowest BCUT2D eigenvalue weighted by molar-refractivity contribution is -0.129. The maximum absolute atomic E-state index is 12.3. The minimum atomic E-state index is -1.22. The van der Waals surface area contributed by atoms with Crippen LogP contribution in [-0.4, -0.2) is 29.2 Å². The molecule has 1 unspecified atom stereocenters. The van der Waals surface area contributed by atoms with Crippen molar-refractivity contribution in [2.24, 2.45) is 0 Å². The summed E-state index contributed by atoms with van der Waals surface area (Å²) >= 11 is 5.96. The molecule has 19 heavy (non-hydrogen) atoms. The monoisotopic (exact) mass is 278 g/mol. The van der Waals surface area contributed by atoms with Crippen molar-refractivity contribution in [3.05, 3.63) is 34.3 Å². The van der Waals surface area contributed by atoms with Gasteiger partial charge in [0.1, 0.15) is 0 Å². The molecule has 3 rings (SSSR count). The summed E-state index contributed by atoms with van der Waals surface area (Å²) in [5, 5.41) is 2.72. The standard InChI is InChI=1S/C13H11ClN2O3/c1-2-16-11(18)8-4-3-7(14)5-9(8)13(16)6-10(17)15-12(13)19/h3-5H,2,6H2,1H3,(H,15,17,19). The predicted molar refractivity (Wildman–Crippen MR) is 67.6 cm³/mol. The summed E-state index contributed by atoms with van der Waals surface area (Å²) in [6.45, 7) is 2.13. The number of hydrogen-bond acceptors (Lipinski definition) is 3. The van der Waals surface area contributed by atoms with Crippen LogP contribution in [-0.2, 0) is 15.1 Å². The van der Waals surface area contributed by atoms with E-state index < -0.39 is 11.4 Å². The molecule has 2 aliphatic heterocycles. The molecule has 0 aliphatic carbocycles. The third kappa shape index (κ3) is 1.39. The lowest BCUT2D eigenvalue weighted by Crippen LogP contribution is -2.48. The van der Waals surface area contributed by atoms with Crippen LogP contribution in [0.2, 0.25) is 5.02 Å². The van der Waals surface area contributed by atoms with Gasteiger partial charge in [0.25, 0.3) is 11.8 Å². The molecule has 1 aromatic rings. The third-order valence-corrected chi connectivity index (χ3v) is 3.96. The second kappa shape index (κ2) is 3.81. The van der Waals surface area contributed by atoms with Gasteiger partial charge >= 0.3 is 0 Å². The summed E-state index contributed by atoms with van der Waals surface area (Å²) in [5.74, 6) is -1.06. The summed E-state index contributed by atoms with van der Waals surface area (Å²) in [4.78, 5) is 37.6. The van der Waals surface area contributed by atoms with Gasteiger partial charge in [-0.2, -0.15) is 0 Å². The van der Waals surface area contributed by atoms with Crippen molar-refractivity contribution < 1.29 is 14.4 Å². The number of benzene rings is 1. The van der Waals surface area contributed by atoms with Gasteiger partial charge < -0.3 is 4.90 Å². The van der Waals surface area contributed by atoms with Crippen molar-refractivity contribution >= 4 is 29.3 Å². The Morgan fingerprint density at radius 2 is 2.11 bits per heavy atom. The lowest BCUT2D eigenvalue weighted by atomic mass is 9.88. The average Bonchev–Trinajstić information content (AvgIpc) is 2.77. The van der Waals surface area contributed by atoms with Crippen molar-refractivity contribution in [3.63, 3.8) is 0 Å². The number of fused-ring (bicyclic) bond motifs is 2. The first kappa shape index (κ1) is 12.2. The first-order valence-electron chi connectivity index (χ1n) is 5.97. The zero-order chi connectivity index (χ0) is 13.8. The lowest BCUT2D eigenvalue weighted by Gasteiger charge is -2.31. The Morgan fingerprint density at radius 3 is 2.68 bits per heavy atom. The Labute approximate surface area is 114 Å². The molecule has 1 N–H and O–H groups in total. The van der Waals surface area contributed by atoms with Crippen LogP contribution < -0.4 is 5.32 Å². The normalized spacial score (nSPS) is 25.2. The van der Waals surface area contributed by atoms with Crippen LogP contribution in [0.5, 0.6) is 0 Å². The first-order chi connectivity index (χ1) is 9.00. The van der Waals surface area contributed by atoms with Crippen LogP contribution in [0.3, 0.4) is 0 Å². The Balaban J connectivity index is 2.29. The van der Waals surface area contributed by atoms with Gasteiger partial charge in [0, 0.05) is 22.7 Å². The highest BCUT2D eigenvalue weighted by atomic mass is 35.5. The minimum Gasteiger partial charge on any atom is -0.320 e. The molecule has 3 amide bonds. The first-order valence-corrected chi connectivity index (χ1v) is 6.35. The minimum absolute atomic E-state index is 0.0429. The molecule has 1 fully saturated rings. The van der Waals surface area contributed by atoms with Crippen molar-refractivity contribution in [2.75, 3.05) is 6.54 Å². The number of carbonyl (C=O) groups is 3. The van der Waals surface area contributed by atoms with Gasteiger partial charge in [-0.1, -0.05) is 11.6 Å². The number of nitrogens with one attached hydrogen (secondary N) is 1. The summed E-state index contributed by atoms with van der Waals surface area (Å²) in [5.41, 5.74) is -0.255. The van der Waals surface area contributed by atoms with Crippen LogP contribution in [0.1, 0.15) is 29.3 Å². The van der Waals surface area contributed by atoms with E-state index in [0.717, 1.165) is 0 Å². The van der Waals surface area contributed by atoms with Gasteiger partial charge in [-0.05, 0) is 25.1 Å². The fourth-order valence-electron chi connectivity index (χ4n) is 2.95. The van der Waals surface area contributed by atoms with E-state index in [2.05, 4.69) is 5.32 Å². The van der Waals surface area contributed by atoms with Crippen molar-refractivity contribution in [1.82, 2.24) is 10.2 Å². The molecule has 0 saturated carbocycles. The number of nitrogens with zero attached hydrogens (tertiary/aromatic N) is 1. The fourth-order valence-corrected chi connectivity index (χ4v) is 3.12. The van der Waals surface area contributed by atoms with Crippen LogP contribution >= 0.6 is 11.6 Å². The molecule has 1 atom stereocenters. The quantitative estimate of drug-likeness (QED) is 0.781. The fraction of sp³-hybridized carbons (Fsp3) is 0.308. The van der Waals surface area contributed by atoms with Gasteiger partial charge in [-0.3, -0.25) is 19.7 Å². The molecular weight excluding hydrogens is 268 g/mol.